The van der Waals surface area contributed by atoms with Crippen LogP contribution in [0.1, 0.15) is 44.1 Å². The van der Waals surface area contributed by atoms with Crippen LogP contribution in [0.5, 0.6) is 17.5 Å². The number of hydrogen-bond acceptors (Lipinski definition) is 9. The normalized spacial score (nSPS) is 25.3. The van der Waals surface area contributed by atoms with Crippen LogP contribution in [0, 0.1) is 12.3 Å². The molecule has 5 aliphatic heterocycles. The van der Waals surface area contributed by atoms with E-state index < -0.39 is 0 Å². The summed E-state index contributed by atoms with van der Waals surface area (Å²) in [5, 5.41) is 17.0. The van der Waals surface area contributed by atoms with Gasteiger partial charge in [-0.25, -0.2) is 4.98 Å². The second kappa shape index (κ2) is 9.43. The zero-order valence-electron chi connectivity index (χ0n) is 24.1. The minimum Gasteiger partial charge on any atom is -0.508 e. The first-order valence-electron chi connectivity index (χ1n) is 15.6. The number of hydrogen-bond donors (Lipinski definition) is 2. The molecule has 7 heterocycles. The Morgan fingerprint density at radius 2 is 1.98 bits per heavy atom. The van der Waals surface area contributed by atoms with Gasteiger partial charge in [-0.15, -0.1) is 6.42 Å². The summed E-state index contributed by atoms with van der Waals surface area (Å²) in [6, 6.07) is 12.5. The number of nitrogens with one attached hydrogen (secondary N) is 1. The van der Waals surface area contributed by atoms with Crippen LogP contribution in [0.4, 0.5) is 5.82 Å². The monoisotopic (exact) mass is 574 g/mol. The molecule has 4 saturated heterocycles. The Bertz CT molecular complexity index is 1830. The molecule has 2 bridgehead atoms. The van der Waals surface area contributed by atoms with Gasteiger partial charge in [0.05, 0.1) is 17.3 Å². The number of rotatable bonds is 4. The molecule has 9 heteroatoms. The van der Waals surface area contributed by atoms with Gasteiger partial charge in [0.1, 0.15) is 35.9 Å². The summed E-state index contributed by atoms with van der Waals surface area (Å²) in [5.41, 5.74) is 2.73. The number of phenolic OH excluding ortho intramolecular Hbond substituents is 1. The minimum absolute atomic E-state index is 0.0821. The zero-order chi connectivity index (χ0) is 28.7. The summed E-state index contributed by atoms with van der Waals surface area (Å²) in [6.07, 6.45) is 12.9. The molecule has 2 N–H and O–H groups in total. The summed E-state index contributed by atoms with van der Waals surface area (Å²) in [7, 11) is 0. The number of fused-ring (bicyclic) bond motifs is 7. The van der Waals surface area contributed by atoms with E-state index in [1.807, 2.05) is 24.3 Å². The quantitative estimate of drug-likeness (QED) is 0.347. The molecule has 5 aliphatic rings. The lowest BCUT2D eigenvalue weighted by Gasteiger charge is -2.40. The Balaban J connectivity index is 1.22. The molecule has 2 aromatic carbocycles. The minimum atomic E-state index is 0.0821. The van der Waals surface area contributed by atoms with Gasteiger partial charge in [0.2, 0.25) is 0 Å². The molecule has 9 nitrogen and oxygen atoms in total. The maximum atomic E-state index is 10.7. The highest BCUT2D eigenvalue weighted by Gasteiger charge is 2.46. The van der Waals surface area contributed by atoms with Gasteiger partial charge in [0, 0.05) is 41.2 Å². The van der Waals surface area contributed by atoms with E-state index in [2.05, 4.69) is 21.0 Å². The van der Waals surface area contributed by atoms with Crippen LogP contribution in [0.25, 0.3) is 33.1 Å². The number of ether oxygens (including phenoxy) is 2. The summed E-state index contributed by atoms with van der Waals surface area (Å²) in [5.74, 6) is 4.49. The van der Waals surface area contributed by atoms with E-state index in [0.29, 0.717) is 48.4 Å². The van der Waals surface area contributed by atoms with E-state index in [1.165, 1.54) is 12.8 Å². The number of phenols is 1. The average molecular weight is 575 g/mol. The van der Waals surface area contributed by atoms with Gasteiger partial charge in [-0.05, 0) is 75.2 Å². The van der Waals surface area contributed by atoms with E-state index >= 15 is 0 Å². The van der Waals surface area contributed by atoms with Gasteiger partial charge < -0.3 is 24.8 Å². The molecular weight excluding hydrogens is 540 g/mol. The van der Waals surface area contributed by atoms with Crippen molar-refractivity contribution in [2.45, 2.75) is 62.2 Å². The fourth-order valence-corrected chi connectivity index (χ4v) is 8.49. The number of pyridine rings is 1. The highest BCUT2D eigenvalue weighted by atomic mass is 16.5. The molecule has 0 saturated carbocycles. The van der Waals surface area contributed by atoms with E-state index in [0.717, 1.165) is 78.4 Å². The van der Waals surface area contributed by atoms with Crippen LogP contribution in [0.15, 0.2) is 36.4 Å². The maximum Gasteiger partial charge on any atom is 0.320 e. The van der Waals surface area contributed by atoms with Gasteiger partial charge in [-0.2, -0.15) is 9.97 Å². The third-order valence-electron chi connectivity index (χ3n) is 10.5. The van der Waals surface area contributed by atoms with Crippen LogP contribution < -0.4 is 19.7 Å². The molecule has 4 fully saturated rings. The Morgan fingerprint density at radius 1 is 1.09 bits per heavy atom. The van der Waals surface area contributed by atoms with Crippen molar-refractivity contribution >= 4 is 27.6 Å². The molecular formula is C34H34N6O3. The topological polar surface area (TPSA) is 95.9 Å². The lowest BCUT2D eigenvalue weighted by atomic mass is 9.95. The van der Waals surface area contributed by atoms with Crippen molar-refractivity contribution in [3.8, 4) is 41.1 Å². The van der Waals surface area contributed by atoms with Crippen molar-refractivity contribution in [2.75, 3.05) is 37.7 Å². The first kappa shape index (κ1) is 25.4. The molecule has 2 aromatic heterocycles. The molecule has 0 spiro atoms. The standard InChI is InChI=1S/C34H34N6O3/c1-2-20-6-3-7-21-14-23(41)15-24(29(20)21)26-16-28-30-31(36-26)37-33(43-19-34-10-4-12-39(34)13-5-11-34)38-32(30)40-17-22-8-9-25(35-22)27(40)18-42-28/h1,3,6-7,14-16,22,25,27,35,41H,4-5,8-13,17-19H2. The van der Waals surface area contributed by atoms with Crippen LogP contribution in [-0.4, -0.2) is 81.5 Å². The van der Waals surface area contributed by atoms with Crippen molar-refractivity contribution in [3.63, 3.8) is 0 Å². The van der Waals surface area contributed by atoms with Crippen LogP contribution in [-0.2, 0) is 0 Å². The molecule has 0 amide bonds. The molecule has 218 valence electrons. The van der Waals surface area contributed by atoms with Crippen molar-refractivity contribution < 1.29 is 14.6 Å². The summed E-state index contributed by atoms with van der Waals surface area (Å²) in [4.78, 5) is 20.1. The van der Waals surface area contributed by atoms with Crippen molar-refractivity contribution in [2.24, 2.45) is 0 Å². The second-order valence-electron chi connectivity index (χ2n) is 12.9. The molecule has 0 radical (unpaired) electrons. The number of nitrogens with zero attached hydrogens (tertiary/aromatic N) is 5. The lowest BCUT2D eigenvalue weighted by Crippen LogP contribution is -2.60. The molecule has 3 atom stereocenters. The Hall–Kier alpha value is -4.13. The van der Waals surface area contributed by atoms with Gasteiger partial charge in [0.15, 0.2) is 5.65 Å². The van der Waals surface area contributed by atoms with Crippen LogP contribution in [0.3, 0.4) is 0 Å². The van der Waals surface area contributed by atoms with Gasteiger partial charge in [0.25, 0.3) is 0 Å². The van der Waals surface area contributed by atoms with Crippen LogP contribution >= 0.6 is 0 Å². The van der Waals surface area contributed by atoms with Crippen molar-refractivity contribution in [3.05, 3.63) is 42.0 Å². The molecule has 43 heavy (non-hydrogen) atoms. The summed E-state index contributed by atoms with van der Waals surface area (Å²) in [6.45, 7) is 4.25. The lowest BCUT2D eigenvalue weighted by molar-refractivity contribution is 0.108. The third kappa shape index (κ3) is 3.89. The molecule has 3 unspecified atom stereocenters. The fraction of sp³-hybridized carbons (Fsp3) is 0.441. The Kier molecular flexibility index (Phi) is 5.57. The Labute approximate surface area is 250 Å². The number of piperazine rings is 1. The summed E-state index contributed by atoms with van der Waals surface area (Å²) >= 11 is 0. The SMILES string of the molecule is C#Cc1cccc2cc(O)cc(-c3cc4c5c(nc(OCC67CCCN6CCC7)nc5n3)N3CC5CCC(N5)C3CO4)c12. The highest BCUT2D eigenvalue weighted by molar-refractivity contribution is 6.03. The van der Waals surface area contributed by atoms with Gasteiger partial charge >= 0.3 is 6.01 Å². The third-order valence-corrected chi connectivity index (χ3v) is 10.5. The van der Waals surface area contributed by atoms with Crippen molar-refractivity contribution in [1.29, 1.82) is 0 Å². The Morgan fingerprint density at radius 3 is 2.84 bits per heavy atom. The van der Waals surface area contributed by atoms with E-state index in [9.17, 15) is 5.11 Å². The number of terminal acetylenes is 1. The van der Waals surface area contributed by atoms with E-state index in [1.54, 1.807) is 12.1 Å². The number of anilines is 1. The predicted molar refractivity (Wildman–Crippen MR) is 165 cm³/mol. The fourth-order valence-electron chi connectivity index (χ4n) is 8.49. The van der Waals surface area contributed by atoms with E-state index in [4.69, 9.17) is 30.8 Å². The summed E-state index contributed by atoms with van der Waals surface area (Å²) < 4.78 is 13.1. The van der Waals surface area contributed by atoms with Gasteiger partial charge in [-0.3, -0.25) is 4.90 Å². The smallest absolute Gasteiger partial charge is 0.320 e. The molecule has 4 aromatic rings. The average Bonchev–Trinajstić information content (AvgIpc) is 3.69. The van der Waals surface area contributed by atoms with Crippen LogP contribution in [0.2, 0.25) is 0 Å². The first-order chi connectivity index (χ1) is 21.1. The zero-order valence-corrected chi connectivity index (χ0v) is 24.1. The maximum absolute atomic E-state index is 10.7. The number of aromatic hydroxyl groups is 1. The highest BCUT2D eigenvalue weighted by Crippen LogP contribution is 2.44. The van der Waals surface area contributed by atoms with Crippen molar-refractivity contribution in [1.82, 2.24) is 25.2 Å². The first-order valence-corrected chi connectivity index (χ1v) is 15.6. The van der Waals surface area contributed by atoms with Gasteiger partial charge in [-0.1, -0.05) is 18.1 Å². The second-order valence-corrected chi connectivity index (χ2v) is 12.9. The van der Waals surface area contributed by atoms with E-state index in [-0.39, 0.29) is 17.3 Å². The number of aromatic nitrogens is 3. The molecule has 9 rings (SSSR count). The number of benzene rings is 2. The predicted octanol–water partition coefficient (Wildman–Crippen LogP) is 4.24. The molecule has 0 aliphatic carbocycles. The largest absolute Gasteiger partial charge is 0.508 e.